The van der Waals surface area contributed by atoms with Crippen LogP contribution < -0.4 is 15.0 Å². The van der Waals surface area contributed by atoms with E-state index in [4.69, 9.17) is 9.47 Å². The van der Waals surface area contributed by atoms with Crippen molar-refractivity contribution in [1.82, 2.24) is 24.8 Å². The summed E-state index contributed by atoms with van der Waals surface area (Å²) >= 11 is 0. The normalized spacial score (nSPS) is 19.2. The molecule has 1 fully saturated rings. The number of aryl methyl sites for hydroxylation is 1. The number of hydrogen-bond acceptors (Lipinski definition) is 7. The van der Waals surface area contributed by atoms with E-state index in [2.05, 4.69) is 29.7 Å². The molecule has 1 atom stereocenters. The van der Waals surface area contributed by atoms with Crippen LogP contribution in [0.5, 0.6) is 5.75 Å². The van der Waals surface area contributed by atoms with Crippen LogP contribution >= 0.6 is 0 Å². The number of fused-ring (bicyclic) bond motifs is 2. The number of nitrogens with zero attached hydrogens (tertiary/aromatic N) is 5. The van der Waals surface area contributed by atoms with E-state index < -0.39 is 11.7 Å². The molecule has 0 aliphatic carbocycles. The fourth-order valence-corrected chi connectivity index (χ4v) is 4.58. The molecule has 1 N–H and O–H groups in total. The topological polar surface area (TPSA) is 94.4 Å². The van der Waals surface area contributed by atoms with Crippen molar-refractivity contribution < 1.29 is 14.3 Å². The predicted molar refractivity (Wildman–Crippen MR) is 122 cm³/mol. The summed E-state index contributed by atoms with van der Waals surface area (Å²) in [6.45, 7) is 4.30. The summed E-state index contributed by atoms with van der Waals surface area (Å²) < 4.78 is 13.8. The van der Waals surface area contributed by atoms with Crippen molar-refractivity contribution in [2.45, 2.75) is 44.6 Å². The molecule has 0 bridgehead atoms. The molecule has 3 aromatic rings. The predicted octanol–water partition coefficient (Wildman–Crippen LogP) is 2.20. The summed E-state index contributed by atoms with van der Waals surface area (Å²) in [6.07, 6.45) is 8.21. The van der Waals surface area contributed by atoms with Gasteiger partial charge in [0.2, 0.25) is 5.95 Å². The number of anilines is 1. The van der Waals surface area contributed by atoms with Gasteiger partial charge in [-0.3, -0.25) is 4.79 Å². The molecule has 1 amide bonds. The third-order valence-corrected chi connectivity index (χ3v) is 6.37. The molecule has 1 aromatic carbocycles. The largest absolute Gasteiger partial charge is 0.497 e. The SMILES string of the molecule is COc1cccc(CNC(=O)C2Cn3ccnc3C3(CCN(c4ncc(C)cn4)CC3)O2)c1. The van der Waals surface area contributed by atoms with Crippen LogP contribution in [-0.4, -0.2) is 51.7 Å². The molecule has 5 rings (SSSR count). The Kier molecular flexibility index (Phi) is 5.72. The van der Waals surface area contributed by atoms with E-state index in [1.165, 1.54) is 0 Å². The zero-order valence-corrected chi connectivity index (χ0v) is 18.9. The molecule has 9 heteroatoms. The first-order valence-electron chi connectivity index (χ1n) is 11.2. The van der Waals surface area contributed by atoms with Gasteiger partial charge in [0.15, 0.2) is 6.10 Å². The highest BCUT2D eigenvalue weighted by Crippen LogP contribution is 2.40. The van der Waals surface area contributed by atoms with Gasteiger partial charge in [-0.1, -0.05) is 12.1 Å². The van der Waals surface area contributed by atoms with Crippen molar-refractivity contribution in [1.29, 1.82) is 0 Å². The number of amides is 1. The lowest BCUT2D eigenvalue weighted by atomic mass is 9.88. The van der Waals surface area contributed by atoms with Gasteiger partial charge in [-0.15, -0.1) is 0 Å². The number of nitrogens with one attached hydrogen (secondary N) is 1. The van der Waals surface area contributed by atoms with Gasteiger partial charge in [-0.25, -0.2) is 15.0 Å². The Bertz CT molecular complexity index is 1120. The minimum absolute atomic E-state index is 0.124. The highest BCUT2D eigenvalue weighted by Gasteiger charge is 2.47. The van der Waals surface area contributed by atoms with Crippen LogP contribution in [0.25, 0.3) is 0 Å². The average Bonchev–Trinajstić information content (AvgIpc) is 3.34. The Morgan fingerprint density at radius 1 is 1.24 bits per heavy atom. The second-order valence-corrected chi connectivity index (χ2v) is 8.62. The first-order chi connectivity index (χ1) is 16.1. The fourth-order valence-electron chi connectivity index (χ4n) is 4.58. The summed E-state index contributed by atoms with van der Waals surface area (Å²) in [5, 5.41) is 3.02. The Morgan fingerprint density at radius 2 is 2.03 bits per heavy atom. The van der Waals surface area contributed by atoms with Crippen molar-refractivity contribution in [3.05, 3.63) is 66.0 Å². The smallest absolute Gasteiger partial charge is 0.251 e. The molecule has 0 radical (unpaired) electrons. The number of imidazole rings is 1. The minimum atomic E-state index is -0.596. The number of ether oxygens (including phenoxy) is 2. The second kappa shape index (κ2) is 8.82. The number of methoxy groups -OCH3 is 1. The number of hydrogen-bond donors (Lipinski definition) is 1. The van der Waals surface area contributed by atoms with Gasteiger partial charge >= 0.3 is 0 Å². The average molecular weight is 449 g/mol. The lowest BCUT2D eigenvalue weighted by Crippen LogP contribution is -2.54. The van der Waals surface area contributed by atoms with E-state index in [-0.39, 0.29) is 5.91 Å². The second-order valence-electron chi connectivity index (χ2n) is 8.62. The molecule has 1 unspecified atom stereocenters. The first-order valence-corrected chi connectivity index (χ1v) is 11.2. The van der Waals surface area contributed by atoms with E-state index in [1.54, 1.807) is 13.3 Å². The summed E-state index contributed by atoms with van der Waals surface area (Å²) in [6, 6.07) is 7.67. The molecule has 2 aliphatic heterocycles. The van der Waals surface area contributed by atoms with Crippen LogP contribution in [0.4, 0.5) is 5.95 Å². The maximum atomic E-state index is 13.1. The summed E-state index contributed by atoms with van der Waals surface area (Å²) in [7, 11) is 1.63. The van der Waals surface area contributed by atoms with Crippen LogP contribution in [0.15, 0.2) is 49.1 Å². The monoisotopic (exact) mass is 448 g/mol. The van der Waals surface area contributed by atoms with Crippen molar-refractivity contribution in [3.8, 4) is 5.75 Å². The number of rotatable bonds is 5. The molecule has 1 spiro atoms. The highest BCUT2D eigenvalue weighted by atomic mass is 16.5. The summed E-state index contributed by atoms with van der Waals surface area (Å²) in [5.41, 5.74) is 1.41. The van der Waals surface area contributed by atoms with Gasteiger partial charge in [0.1, 0.15) is 17.2 Å². The number of aromatic nitrogens is 4. The third-order valence-electron chi connectivity index (χ3n) is 6.37. The zero-order chi connectivity index (χ0) is 22.8. The summed E-state index contributed by atoms with van der Waals surface area (Å²) in [4.78, 5) is 28.7. The van der Waals surface area contributed by atoms with Gasteiger partial charge in [-0.05, 0) is 30.2 Å². The zero-order valence-electron chi connectivity index (χ0n) is 18.9. The van der Waals surface area contributed by atoms with Gasteiger partial charge in [0.25, 0.3) is 5.91 Å². The number of carbonyl (C=O) groups excluding carboxylic acids is 1. The molecular formula is C24H28N6O3. The Labute approximate surface area is 192 Å². The molecular weight excluding hydrogens is 420 g/mol. The fraction of sp³-hybridized carbons (Fsp3) is 0.417. The molecule has 2 aliphatic rings. The van der Waals surface area contributed by atoms with Gasteiger partial charge in [-0.2, -0.15) is 0 Å². The quantitative estimate of drug-likeness (QED) is 0.639. The van der Waals surface area contributed by atoms with E-state index >= 15 is 0 Å². The highest BCUT2D eigenvalue weighted by molar-refractivity contribution is 5.81. The van der Waals surface area contributed by atoms with Gasteiger partial charge in [0, 0.05) is 57.3 Å². The number of benzene rings is 1. The van der Waals surface area contributed by atoms with Crippen LogP contribution in [0.2, 0.25) is 0 Å². The summed E-state index contributed by atoms with van der Waals surface area (Å²) in [5.74, 6) is 2.26. The molecule has 9 nitrogen and oxygen atoms in total. The molecule has 172 valence electrons. The molecule has 0 saturated carbocycles. The van der Waals surface area contributed by atoms with Crippen LogP contribution in [0, 0.1) is 6.92 Å². The lowest BCUT2D eigenvalue weighted by molar-refractivity contribution is -0.167. The Balaban J connectivity index is 1.28. The van der Waals surface area contributed by atoms with Crippen molar-refractivity contribution in [2.75, 3.05) is 25.1 Å². The van der Waals surface area contributed by atoms with Crippen LogP contribution in [0.3, 0.4) is 0 Å². The van der Waals surface area contributed by atoms with Crippen molar-refractivity contribution in [3.63, 3.8) is 0 Å². The number of piperidine rings is 1. The minimum Gasteiger partial charge on any atom is -0.497 e. The lowest BCUT2D eigenvalue weighted by Gasteiger charge is -2.45. The standard InChI is InChI=1S/C24H28N6O3/c1-17-13-27-23(28-14-17)29-9-6-24(7-10-29)22-25-8-11-30(22)16-20(33-24)21(31)26-15-18-4-3-5-19(12-18)32-2/h3-5,8,11-14,20H,6-7,9-10,15-16H2,1-2H3,(H,26,31). The van der Waals surface area contributed by atoms with E-state index in [9.17, 15) is 4.79 Å². The third kappa shape index (κ3) is 4.28. The van der Waals surface area contributed by atoms with Gasteiger partial charge < -0.3 is 24.3 Å². The van der Waals surface area contributed by atoms with E-state index in [0.717, 1.165) is 41.7 Å². The molecule has 1 saturated heterocycles. The maximum absolute atomic E-state index is 13.1. The van der Waals surface area contributed by atoms with E-state index in [1.807, 2.05) is 49.8 Å². The maximum Gasteiger partial charge on any atom is 0.251 e. The molecule has 33 heavy (non-hydrogen) atoms. The molecule has 2 aromatic heterocycles. The first kappa shape index (κ1) is 21.4. The van der Waals surface area contributed by atoms with Gasteiger partial charge in [0.05, 0.1) is 13.7 Å². The van der Waals surface area contributed by atoms with Crippen LogP contribution in [-0.2, 0) is 28.2 Å². The van der Waals surface area contributed by atoms with Crippen LogP contribution in [0.1, 0.15) is 29.8 Å². The van der Waals surface area contributed by atoms with Crippen molar-refractivity contribution in [2.24, 2.45) is 0 Å². The van der Waals surface area contributed by atoms with E-state index in [0.29, 0.717) is 25.9 Å². The molecule has 4 heterocycles. The Morgan fingerprint density at radius 3 is 2.79 bits per heavy atom. The van der Waals surface area contributed by atoms with Crippen molar-refractivity contribution >= 4 is 11.9 Å². The number of carbonyl (C=O) groups is 1. The Hall–Kier alpha value is -3.46.